The molecule has 102 valence electrons. The summed E-state index contributed by atoms with van der Waals surface area (Å²) < 4.78 is 0. The van der Waals surface area contributed by atoms with E-state index in [2.05, 4.69) is 56.2 Å². The summed E-state index contributed by atoms with van der Waals surface area (Å²) in [6.45, 7) is 9.73. The lowest BCUT2D eigenvalue weighted by atomic mass is 10.0. The third kappa shape index (κ3) is 3.64. The van der Waals surface area contributed by atoms with Crippen LogP contribution in [0.1, 0.15) is 47.5 Å². The summed E-state index contributed by atoms with van der Waals surface area (Å²) >= 11 is 1.73. The van der Waals surface area contributed by atoms with Crippen molar-refractivity contribution in [2.45, 2.75) is 39.7 Å². The van der Waals surface area contributed by atoms with Gasteiger partial charge in [-0.1, -0.05) is 25.1 Å². The minimum absolute atomic E-state index is 0.377. The number of aromatic nitrogens is 1. The SMILES string of the molecule is Cc1ccc(C(C)NCC(C)c2nccs2)cc1C. The molecule has 2 atom stereocenters. The number of hydrogen-bond acceptors (Lipinski definition) is 3. The fourth-order valence-electron chi connectivity index (χ4n) is 2.07. The molecule has 0 spiro atoms. The van der Waals surface area contributed by atoms with Gasteiger partial charge < -0.3 is 5.32 Å². The van der Waals surface area contributed by atoms with E-state index in [4.69, 9.17) is 0 Å². The van der Waals surface area contributed by atoms with E-state index in [1.54, 1.807) is 11.3 Å². The molecular formula is C16H22N2S. The van der Waals surface area contributed by atoms with Gasteiger partial charge in [-0.3, -0.25) is 0 Å². The van der Waals surface area contributed by atoms with Gasteiger partial charge in [0.15, 0.2) is 0 Å². The van der Waals surface area contributed by atoms with Gasteiger partial charge in [0.25, 0.3) is 0 Å². The molecule has 0 radical (unpaired) electrons. The number of nitrogens with zero attached hydrogens (tertiary/aromatic N) is 1. The number of benzene rings is 1. The smallest absolute Gasteiger partial charge is 0.0965 e. The molecule has 0 aliphatic heterocycles. The molecule has 0 bridgehead atoms. The van der Waals surface area contributed by atoms with Crippen LogP contribution in [0.4, 0.5) is 0 Å². The Morgan fingerprint density at radius 1 is 1.21 bits per heavy atom. The van der Waals surface area contributed by atoms with Crippen LogP contribution in [0, 0.1) is 13.8 Å². The van der Waals surface area contributed by atoms with Crippen molar-refractivity contribution in [1.82, 2.24) is 10.3 Å². The summed E-state index contributed by atoms with van der Waals surface area (Å²) in [6, 6.07) is 7.07. The van der Waals surface area contributed by atoms with Gasteiger partial charge in [-0.15, -0.1) is 11.3 Å². The third-order valence-corrected chi connectivity index (χ3v) is 4.64. The second kappa shape index (κ2) is 6.31. The molecule has 2 aromatic rings. The Kier molecular flexibility index (Phi) is 4.72. The van der Waals surface area contributed by atoms with Crippen molar-refractivity contribution >= 4 is 11.3 Å². The first-order valence-electron chi connectivity index (χ1n) is 6.78. The first-order valence-corrected chi connectivity index (χ1v) is 7.66. The van der Waals surface area contributed by atoms with E-state index in [1.165, 1.54) is 21.7 Å². The number of thiazole rings is 1. The number of nitrogens with one attached hydrogen (secondary N) is 1. The summed E-state index contributed by atoms with van der Waals surface area (Å²) in [4.78, 5) is 4.37. The molecule has 0 saturated carbocycles. The van der Waals surface area contributed by atoms with Crippen molar-refractivity contribution in [2.75, 3.05) is 6.54 Å². The maximum absolute atomic E-state index is 4.37. The van der Waals surface area contributed by atoms with Crippen LogP contribution in [0.2, 0.25) is 0 Å². The van der Waals surface area contributed by atoms with Crippen molar-refractivity contribution in [3.8, 4) is 0 Å². The van der Waals surface area contributed by atoms with Crippen molar-refractivity contribution in [2.24, 2.45) is 0 Å². The van der Waals surface area contributed by atoms with E-state index in [-0.39, 0.29) is 0 Å². The Morgan fingerprint density at radius 2 is 2.00 bits per heavy atom. The Bertz CT molecular complexity index is 520. The van der Waals surface area contributed by atoms with Crippen molar-refractivity contribution in [1.29, 1.82) is 0 Å². The molecule has 0 amide bonds. The highest BCUT2D eigenvalue weighted by Gasteiger charge is 2.11. The minimum atomic E-state index is 0.377. The predicted octanol–water partition coefficient (Wildman–Crippen LogP) is 4.21. The Labute approximate surface area is 119 Å². The summed E-state index contributed by atoms with van der Waals surface area (Å²) in [5, 5.41) is 6.85. The van der Waals surface area contributed by atoms with E-state index in [0.29, 0.717) is 12.0 Å². The maximum Gasteiger partial charge on any atom is 0.0965 e. The molecule has 1 N–H and O–H groups in total. The van der Waals surface area contributed by atoms with E-state index in [0.717, 1.165) is 6.54 Å². The molecule has 1 aromatic heterocycles. The normalized spacial score (nSPS) is 14.3. The zero-order chi connectivity index (χ0) is 13.8. The molecule has 2 nitrogen and oxygen atoms in total. The highest BCUT2D eigenvalue weighted by molar-refractivity contribution is 7.09. The summed E-state index contributed by atoms with van der Waals surface area (Å²) in [5.74, 6) is 0.467. The Hall–Kier alpha value is -1.19. The Morgan fingerprint density at radius 3 is 2.63 bits per heavy atom. The maximum atomic E-state index is 4.37. The monoisotopic (exact) mass is 274 g/mol. The van der Waals surface area contributed by atoms with Gasteiger partial charge in [0, 0.05) is 30.1 Å². The van der Waals surface area contributed by atoms with Crippen LogP contribution in [0.3, 0.4) is 0 Å². The van der Waals surface area contributed by atoms with Crippen molar-refractivity contribution < 1.29 is 0 Å². The fourth-order valence-corrected chi connectivity index (χ4v) is 2.77. The molecule has 0 aliphatic carbocycles. The zero-order valence-corrected chi connectivity index (χ0v) is 12.9. The molecular weight excluding hydrogens is 252 g/mol. The number of rotatable bonds is 5. The van der Waals surface area contributed by atoms with E-state index in [1.807, 2.05) is 11.6 Å². The van der Waals surface area contributed by atoms with Gasteiger partial charge in [-0.2, -0.15) is 0 Å². The molecule has 2 rings (SSSR count). The van der Waals surface area contributed by atoms with E-state index >= 15 is 0 Å². The van der Waals surface area contributed by atoms with Gasteiger partial charge >= 0.3 is 0 Å². The average molecular weight is 274 g/mol. The van der Waals surface area contributed by atoms with Crippen LogP contribution in [0.25, 0.3) is 0 Å². The molecule has 0 fully saturated rings. The molecule has 3 heteroatoms. The lowest BCUT2D eigenvalue weighted by Crippen LogP contribution is -2.23. The summed E-state index contributed by atoms with van der Waals surface area (Å²) in [5.41, 5.74) is 4.07. The van der Waals surface area contributed by atoms with E-state index < -0.39 is 0 Å². The quantitative estimate of drug-likeness (QED) is 0.883. The summed E-state index contributed by atoms with van der Waals surface area (Å²) in [7, 11) is 0. The van der Waals surface area contributed by atoms with Crippen LogP contribution in [-0.4, -0.2) is 11.5 Å². The van der Waals surface area contributed by atoms with Gasteiger partial charge in [-0.25, -0.2) is 4.98 Å². The molecule has 0 saturated heterocycles. The molecule has 0 aliphatic rings. The first kappa shape index (κ1) is 14.2. The molecule has 1 aromatic carbocycles. The standard InChI is InChI=1S/C16H22N2S/c1-11-5-6-15(9-12(11)2)14(4)18-10-13(3)16-17-7-8-19-16/h5-9,13-14,18H,10H2,1-4H3. The van der Waals surface area contributed by atoms with Gasteiger partial charge in [0.1, 0.15) is 0 Å². The van der Waals surface area contributed by atoms with Gasteiger partial charge in [0.05, 0.1) is 5.01 Å². The second-order valence-corrected chi connectivity index (χ2v) is 6.17. The summed E-state index contributed by atoms with van der Waals surface area (Å²) in [6.07, 6.45) is 1.88. The average Bonchev–Trinajstić information content (AvgIpc) is 2.92. The zero-order valence-electron chi connectivity index (χ0n) is 12.1. The lowest BCUT2D eigenvalue weighted by molar-refractivity contribution is 0.536. The fraction of sp³-hybridized carbons (Fsp3) is 0.438. The van der Waals surface area contributed by atoms with E-state index in [9.17, 15) is 0 Å². The number of hydrogen-bond donors (Lipinski definition) is 1. The van der Waals surface area contributed by atoms with Crippen molar-refractivity contribution in [3.05, 3.63) is 51.5 Å². The Balaban J connectivity index is 1.93. The molecule has 19 heavy (non-hydrogen) atoms. The van der Waals surface area contributed by atoms with Crippen LogP contribution in [0.5, 0.6) is 0 Å². The largest absolute Gasteiger partial charge is 0.310 e. The predicted molar refractivity (Wildman–Crippen MR) is 82.9 cm³/mol. The third-order valence-electron chi connectivity index (χ3n) is 3.63. The van der Waals surface area contributed by atoms with Crippen LogP contribution < -0.4 is 5.32 Å². The first-order chi connectivity index (χ1) is 9.08. The van der Waals surface area contributed by atoms with Crippen LogP contribution in [-0.2, 0) is 0 Å². The van der Waals surface area contributed by atoms with Gasteiger partial charge in [-0.05, 0) is 37.5 Å². The molecule has 2 unspecified atom stereocenters. The number of aryl methyl sites for hydroxylation is 2. The molecule has 1 heterocycles. The second-order valence-electron chi connectivity index (χ2n) is 5.25. The van der Waals surface area contributed by atoms with Crippen LogP contribution >= 0.6 is 11.3 Å². The van der Waals surface area contributed by atoms with Crippen molar-refractivity contribution in [3.63, 3.8) is 0 Å². The highest BCUT2D eigenvalue weighted by atomic mass is 32.1. The van der Waals surface area contributed by atoms with Gasteiger partial charge in [0.2, 0.25) is 0 Å². The highest BCUT2D eigenvalue weighted by Crippen LogP contribution is 2.20. The minimum Gasteiger partial charge on any atom is -0.310 e. The lowest BCUT2D eigenvalue weighted by Gasteiger charge is -2.18. The van der Waals surface area contributed by atoms with Crippen LogP contribution in [0.15, 0.2) is 29.8 Å². The topological polar surface area (TPSA) is 24.9 Å².